The van der Waals surface area contributed by atoms with Gasteiger partial charge in [0.1, 0.15) is 0 Å². The average Bonchev–Trinajstić information content (AvgIpc) is 1.96. The van der Waals surface area contributed by atoms with Gasteiger partial charge in [-0.2, -0.15) is 0 Å². The molecule has 72 valence electrons. The summed E-state index contributed by atoms with van der Waals surface area (Å²) < 4.78 is 0. The van der Waals surface area contributed by atoms with Gasteiger partial charge < -0.3 is 26.3 Å². The number of hydrogen-bond donors (Lipinski definition) is 3. The Morgan fingerprint density at radius 1 is 1.31 bits per heavy atom. The van der Waals surface area contributed by atoms with Crippen molar-refractivity contribution in [2.45, 2.75) is 6.42 Å². The number of aliphatic carboxylic acids is 1. The molecule has 0 aliphatic carbocycles. The van der Waals surface area contributed by atoms with E-state index in [-0.39, 0.29) is 24.1 Å². The summed E-state index contributed by atoms with van der Waals surface area (Å²) in [5, 5.41) is 27.9. The molecule has 1 aromatic carbocycles. The number of carboxylic acid groups (broad SMARTS) is 1. The Bertz CT molecular complexity index is 311. The number of aromatic hydroxyl groups is 2. The van der Waals surface area contributed by atoms with Gasteiger partial charge in [0.25, 0.3) is 0 Å². The summed E-state index contributed by atoms with van der Waals surface area (Å²) in [5.74, 6) is -1.81. The number of carbonyl (C=O) groups excluding carboxylic acids is 1. The maximum atomic E-state index is 10.1. The first-order valence-corrected chi connectivity index (χ1v) is 3.30. The average molecular weight is 185 g/mol. The van der Waals surface area contributed by atoms with Gasteiger partial charge in [-0.1, -0.05) is 6.07 Å². The van der Waals surface area contributed by atoms with Crippen LogP contribution in [0.4, 0.5) is 0 Å². The number of quaternary nitrogens is 1. The summed E-state index contributed by atoms with van der Waals surface area (Å²) in [6.45, 7) is 0. The molecule has 1 aromatic rings. The Kier molecular flexibility index (Phi) is 3.74. The lowest BCUT2D eigenvalue weighted by Crippen LogP contribution is -2.24. The smallest absolute Gasteiger partial charge is 0.157 e. The molecule has 13 heavy (non-hydrogen) atoms. The molecule has 1 rings (SSSR count). The van der Waals surface area contributed by atoms with Crippen molar-refractivity contribution in [3.8, 4) is 11.5 Å². The highest BCUT2D eigenvalue weighted by Crippen LogP contribution is 2.24. The first kappa shape index (κ1) is 11.2. The van der Waals surface area contributed by atoms with Crippen LogP contribution in [0.1, 0.15) is 5.56 Å². The van der Waals surface area contributed by atoms with Crippen LogP contribution in [0, 0.1) is 0 Å². The maximum absolute atomic E-state index is 10.1. The van der Waals surface area contributed by atoms with Gasteiger partial charge in [-0.3, -0.25) is 0 Å². The highest BCUT2D eigenvalue weighted by Gasteiger charge is 1.99. The van der Waals surface area contributed by atoms with Gasteiger partial charge in [0.15, 0.2) is 11.5 Å². The Hall–Kier alpha value is -1.75. The third-order valence-corrected chi connectivity index (χ3v) is 1.39. The van der Waals surface area contributed by atoms with Crippen LogP contribution < -0.4 is 11.3 Å². The van der Waals surface area contributed by atoms with E-state index >= 15 is 0 Å². The molecule has 0 spiro atoms. The van der Waals surface area contributed by atoms with Crippen LogP contribution in [0.15, 0.2) is 18.2 Å². The lowest BCUT2D eigenvalue weighted by atomic mass is 10.1. The number of hydrogen-bond acceptors (Lipinski definition) is 4. The monoisotopic (exact) mass is 185 g/mol. The van der Waals surface area contributed by atoms with E-state index in [0.29, 0.717) is 5.56 Å². The van der Waals surface area contributed by atoms with E-state index in [1.54, 1.807) is 0 Å². The molecular weight excluding hydrogens is 174 g/mol. The summed E-state index contributed by atoms with van der Waals surface area (Å²) in [6, 6.07) is 3.82. The van der Waals surface area contributed by atoms with E-state index < -0.39 is 5.97 Å². The molecule has 0 atom stereocenters. The van der Waals surface area contributed by atoms with E-state index in [1.165, 1.54) is 18.2 Å². The van der Waals surface area contributed by atoms with Gasteiger partial charge in [-0.05, 0) is 17.7 Å². The van der Waals surface area contributed by atoms with E-state index in [2.05, 4.69) is 0 Å². The molecule has 0 amide bonds. The summed E-state index contributed by atoms with van der Waals surface area (Å²) in [4.78, 5) is 10.1. The minimum atomic E-state index is -1.22. The van der Waals surface area contributed by atoms with Crippen LogP contribution in [0.3, 0.4) is 0 Å². The fourth-order valence-corrected chi connectivity index (χ4v) is 0.846. The summed E-state index contributed by atoms with van der Waals surface area (Å²) in [6.07, 6.45) is -0.270. The van der Waals surface area contributed by atoms with E-state index in [9.17, 15) is 9.90 Å². The highest BCUT2D eigenvalue weighted by atomic mass is 16.4. The number of phenolic OH excluding ortho intramolecular Hbond substituents is 2. The number of rotatable bonds is 2. The highest BCUT2D eigenvalue weighted by molar-refractivity contribution is 5.68. The fourth-order valence-electron chi connectivity index (χ4n) is 0.846. The van der Waals surface area contributed by atoms with Crippen molar-refractivity contribution in [3.63, 3.8) is 0 Å². The molecule has 5 heteroatoms. The van der Waals surface area contributed by atoms with Gasteiger partial charge in [0, 0.05) is 12.4 Å². The van der Waals surface area contributed by atoms with Crippen LogP contribution in [-0.2, 0) is 11.2 Å². The van der Waals surface area contributed by atoms with Crippen LogP contribution >= 0.6 is 0 Å². The number of carboxylic acids is 1. The number of benzene rings is 1. The minimum Gasteiger partial charge on any atom is -0.550 e. The Morgan fingerprint density at radius 2 is 1.92 bits per heavy atom. The van der Waals surface area contributed by atoms with Crippen molar-refractivity contribution >= 4 is 5.97 Å². The first-order chi connectivity index (χ1) is 5.59. The van der Waals surface area contributed by atoms with Crippen LogP contribution in [0.2, 0.25) is 0 Å². The van der Waals surface area contributed by atoms with Gasteiger partial charge in [-0.15, -0.1) is 0 Å². The van der Waals surface area contributed by atoms with Crippen molar-refractivity contribution < 1.29 is 20.1 Å². The van der Waals surface area contributed by atoms with Gasteiger partial charge in [-0.25, -0.2) is 0 Å². The van der Waals surface area contributed by atoms with E-state index in [0.717, 1.165) is 0 Å². The van der Waals surface area contributed by atoms with E-state index in [1.807, 2.05) is 0 Å². The predicted octanol–water partition coefficient (Wildman–Crippen LogP) is -0.234. The van der Waals surface area contributed by atoms with Crippen molar-refractivity contribution in [1.29, 1.82) is 0 Å². The van der Waals surface area contributed by atoms with Crippen molar-refractivity contribution in [1.82, 2.24) is 6.15 Å². The topological polar surface area (TPSA) is 117 Å². The van der Waals surface area contributed by atoms with Crippen LogP contribution in [0.25, 0.3) is 0 Å². The minimum absolute atomic E-state index is 0. The van der Waals surface area contributed by atoms with Gasteiger partial charge in [0.05, 0.1) is 0 Å². The molecule has 0 aliphatic rings. The molecule has 0 unspecified atom stereocenters. The van der Waals surface area contributed by atoms with Crippen molar-refractivity contribution in [2.75, 3.05) is 0 Å². The first-order valence-electron chi connectivity index (χ1n) is 3.30. The molecule has 0 saturated carbocycles. The second-order valence-corrected chi connectivity index (χ2v) is 2.37. The Balaban J connectivity index is 0.00000144. The molecule has 6 N–H and O–H groups in total. The molecule has 0 aromatic heterocycles. The molecule has 5 nitrogen and oxygen atoms in total. The second-order valence-electron chi connectivity index (χ2n) is 2.37. The zero-order valence-corrected chi connectivity index (χ0v) is 7.15. The molecule has 0 radical (unpaired) electrons. The van der Waals surface area contributed by atoms with Crippen LogP contribution in [0.5, 0.6) is 11.5 Å². The normalized spacial score (nSPS) is 8.92. The number of carbonyl (C=O) groups is 1. The van der Waals surface area contributed by atoms with Crippen LogP contribution in [-0.4, -0.2) is 16.2 Å². The quantitative estimate of drug-likeness (QED) is 0.551. The maximum Gasteiger partial charge on any atom is 0.157 e. The summed E-state index contributed by atoms with van der Waals surface area (Å²) in [7, 11) is 0. The molecule has 0 saturated heterocycles. The van der Waals surface area contributed by atoms with Gasteiger partial charge >= 0.3 is 0 Å². The third-order valence-electron chi connectivity index (χ3n) is 1.39. The zero-order chi connectivity index (χ0) is 9.14. The predicted molar refractivity (Wildman–Crippen MR) is 44.5 cm³/mol. The molecule has 0 bridgehead atoms. The Labute approximate surface area is 74.8 Å². The molecule has 0 heterocycles. The molecular formula is C8H11NO4. The van der Waals surface area contributed by atoms with E-state index in [4.69, 9.17) is 10.2 Å². The second kappa shape index (κ2) is 4.32. The van der Waals surface area contributed by atoms with Gasteiger partial charge in [0.2, 0.25) is 0 Å². The molecule has 0 fully saturated rings. The number of phenols is 2. The fraction of sp³-hybridized carbons (Fsp3) is 0.125. The Morgan fingerprint density at radius 3 is 2.38 bits per heavy atom. The lowest BCUT2D eigenvalue weighted by molar-refractivity contribution is -0.304. The largest absolute Gasteiger partial charge is 0.550 e. The standard InChI is InChI=1S/C8H8O4.H3N/c9-6-2-1-5(3-7(6)10)4-8(11)12;/h1-3,9-10H,4H2,(H,11,12);1H3. The zero-order valence-electron chi connectivity index (χ0n) is 7.15. The summed E-state index contributed by atoms with van der Waals surface area (Å²) >= 11 is 0. The van der Waals surface area contributed by atoms with Crippen molar-refractivity contribution in [2.24, 2.45) is 0 Å². The lowest BCUT2D eigenvalue weighted by Gasteiger charge is -2.03. The third kappa shape index (κ3) is 3.00. The summed E-state index contributed by atoms with van der Waals surface area (Å²) in [5.41, 5.74) is 0.394. The SMILES string of the molecule is O=C([O-])Cc1ccc(O)c(O)c1.[NH4+]. The molecule has 0 aliphatic heterocycles. The van der Waals surface area contributed by atoms with Crippen molar-refractivity contribution in [3.05, 3.63) is 23.8 Å².